The lowest BCUT2D eigenvalue weighted by atomic mass is 10.1. The first-order valence-electron chi connectivity index (χ1n) is 9.18. The zero-order valence-corrected chi connectivity index (χ0v) is 14.7. The fraction of sp³-hybridized carbons (Fsp3) is 0.722. The molecule has 0 unspecified atom stereocenters. The van der Waals surface area contributed by atoms with E-state index in [9.17, 15) is 0 Å². The first-order valence-corrected chi connectivity index (χ1v) is 9.18. The maximum atomic E-state index is 4.24. The van der Waals surface area contributed by atoms with Gasteiger partial charge in [-0.2, -0.15) is 0 Å². The van der Waals surface area contributed by atoms with E-state index in [1.165, 1.54) is 64.2 Å². The minimum atomic E-state index is 0.900. The molecular formula is C18H31N5. The molecule has 0 saturated carbocycles. The molecule has 0 aliphatic heterocycles. The maximum absolute atomic E-state index is 4.24. The van der Waals surface area contributed by atoms with E-state index in [4.69, 9.17) is 0 Å². The Balaban J connectivity index is 1.54. The Kier molecular flexibility index (Phi) is 7.84. The summed E-state index contributed by atoms with van der Waals surface area (Å²) in [7, 11) is 1.98. The van der Waals surface area contributed by atoms with Gasteiger partial charge in [0.2, 0.25) is 0 Å². The Hall–Kier alpha value is -1.65. The van der Waals surface area contributed by atoms with Gasteiger partial charge in [-0.1, -0.05) is 69.9 Å². The van der Waals surface area contributed by atoms with E-state index in [-0.39, 0.29) is 0 Å². The zero-order valence-electron chi connectivity index (χ0n) is 14.7. The summed E-state index contributed by atoms with van der Waals surface area (Å²) in [6.07, 6.45) is 19.2. The van der Waals surface area contributed by atoms with E-state index in [0.29, 0.717) is 0 Å². The molecule has 2 aromatic rings. The highest BCUT2D eigenvalue weighted by Crippen LogP contribution is 2.15. The van der Waals surface area contributed by atoms with Crippen LogP contribution < -0.4 is 0 Å². The standard InChI is InChI=1S/C18H31N5/c1-3-4-5-6-7-8-9-10-11-12-13-23-15-17(20-21-23)18-14-19-16-22(18)2/h14-16H,3-13H2,1-2H3. The zero-order chi connectivity index (χ0) is 16.3. The van der Waals surface area contributed by atoms with E-state index in [2.05, 4.69) is 22.2 Å². The fourth-order valence-electron chi connectivity index (χ4n) is 2.89. The average Bonchev–Trinajstić information content (AvgIpc) is 3.18. The van der Waals surface area contributed by atoms with Crippen molar-refractivity contribution in [2.75, 3.05) is 0 Å². The molecule has 2 heterocycles. The lowest BCUT2D eigenvalue weighted by molar-refractivity contribution is 0.507. The third kappa shape index (κ3) is 6.16. The van der Waals surface area contributed by atoms with Crippen LogP contribution in [0.5, 0.6) is 0 Å². The van der Waals surface area contributed by atoms with Crippen molar-refractivity contribution < 1.29 is 0 Å². The van der Waals surface area contributed by atoms with Gasteiger partial charge in [-0.15, -0.1) is 5.10 Å². The number of imidazole rings is 1. The average molecular weight is 317 g/mol. The monoisotopic (exact) mass is 317 g/mol. The number of rotatable bonds is 12. The van der Waals surface area contributed by atoms with Crippen LogP contribution >= 0.6 is 0 Å². The predicted molar refractivity (Wildman–Crippen MR) is 94.1 cm³/mol. The molecule has 0 radical (unpaired) electrons. The van der Waals surface area contributed by atoms with Crippen molar-refractivity contribution in [1.29, 1.82) is 0 Å². The molecular weight excluding hydrogens is 286 g/mol. The number of nitrogens with zero attached hydrogens (tertiary/aromatic N) is 5. The van der Waals surface area contributed by atoms with Crippen molar-refractivity contribution in [2.45, 2.75) is 77.7 Å². The molecule has 0 bridgehead atoms. The molecule has 2 rings (SSSR count). The van der Waals surface area contributed by atoms with Crippen molar-refractivity contribution in [3.8, 4) is 11.4 Å². The van der Waals surface area contributed by atoms with Crippen LogP contribution in [0.4, 0.5) is 0 Å². The number of aromatic nitrogens is 5. The molecule has 0 amide bonds. The summed E-state index contributed by atoms with van der Waals surface area (Å²) in [6, 6.07) is 0. The van der Waals surface area contributed by atoms with E-state index in [0.717, 1.165) is 17.9 Å². The molecule has 0 fully saturated rings. The van der Waals surface area contributed by atoms with Crippen molar-refractivity contribution in [3.63, 3.8) is 0 Å². The second-order valence-corrected chi connectivity index (χ2v) is 6.44. The number of hydrogen-bond donors (Lipinski definition) is 0. The summed E-state index contributed by atoms with van der Waals surface area (Å²) in [5.41, 5.74) is 1.91. The number of unbranched alkanes of at least 4 members (excludes halogenated alkanes) is 9. The van der Waals surface area contributed by atoms with Crippen LogP contribution in [0.2, 0.25) is 0 Å². The van der Waals surface area contributed by atoms with E-state index in [1.807, 2.05) is 28.7 Å². The van der Waals surface area contributed by atoms with Gasteiger partial charge in [-0.25, -0.2) is 4.98 Å². The van der Waals surface area contributed by atoms with Gasteiger partial charge < -0.3 is 4.57 Å². The van der Waals surface area contributed by atoms with Gasteiger partial charge in [0.05, 0.1) is 24.4 Å². The maximum Gasteiger partial charge on any atom is 0.131 e. The topological polar surface area (TPSA) is 48.5 Å². The van der Waals surface area contributed by atoms with Crippen LogP contribution in [-0.4, -0.2) is 24.5 Å². The molecule has 23 heavy (non-hydrogen) atoms. The van der Waals surface area contributed by atoms with Gasteiger partial charge in [0.1, 0.15) is 5.69 Å². The summed E-state index contributed by atoms with van der Waals surface area (Å²) in [6.45, 7) is 3.23. The van der Waals surface area contributed by atoms with E-state index >= 15 is 0 Å². The first kappa shape index (κ1) is 17.7. The smallest absolute Gasteiger partial charge is 0.131 e. The summed E-state index contributed by atoms with van der Waals surface area (Å²) < 4.78 is 3.92. The SMILES string of the molecule is CCCCCCCCCCCCn1cc(-c2cncn2C)nn1. The highest BCUT2D eigenvalue weighted by Gasteiger charge is 2.07. The molecule has 5 heteroatoms. The Bertz CT molecular complexity index is 543. The molecule has 0 aromatic carbocycles. The van der Waals surface area contributed by atoms with Gasteiger partial charge in [-0.05, 0) is 6.42 Å². The summed E-state index contributed by atoms with van der Waals surface area (Å²) in [4.78, 5) is 4.12. The van der Waals surface area contributed by atoms with Gasteiger partial charge in [-0.3, -0.25) is 4.68 Å². The minimum Gasteiger partial charge on any atom is -0.332 e. The Morgan fingerprint density at radius 2 is 1.57 bits per heavy atom. The van der Waals surface area contributed by atoms with Crippen LogP contribution in [0, 0.1) is 0 Å². The normalized spacial score (nSPS) is 11.2. The van der Waals surface area contributed by atoms with Crippen LogP contribution in [0.15, 0.2) is 18.7 Å². The molecule has 128 valence electrons. The summed E-state index contributed by atoms with van der Waals surface area (Å²) in [5.74, 6) is 0. The second-order valence-electron chi connectivity index (χ2n) is 6.44. The molecule has 0 atom stereocenters. The van der Waals surface area contributed by atoms with E-state index < -0.39 is 0 Å². The molecule has 5 nitrogen and oxygen atoms in total. The van der Waals surface area contributed by atoms with Crippen LogP contribution in [0.3, 0.4) is 0 Å². The van der Waals surface area contributed by atoms with Gasteiger partial charge in [0.15, 0.2) is 0 Å². The van der Waals surface area contributed by atoms with Crippen LogP contribution in [0.25, 0.3) is 11.4 Å². The van der Waals surface area contributed by atoms with Gasteiger partial charge in [0, 0.05) is 13.6 Å². The molecule has 0 N–H and O–H groups in total. The Labute approximate surface area is 140 Å². The largest absolute Gasteiger partial charge is 0.332 e. The predicted octanol–water partition coefficient (Wildman–Crippen LogP) is 4.60. The van der Waals surface area contributed by atoms with Gasteiger partial charge >= 0.3 is 0 Å². The van der Waals surface area contributed by atoms with Crippen LogP contribution in [0.1, 0.15) is 71.1 Å². The van der Waals surface area contributed by atoms with Gasteiger partial charge in [0.25, 0.3) is 0 Å². The molecule has 0 saturated heterocycles. The minimum absolute atomic E-state index is 0.900. The Morgan fingerprint density at radius 1 is 0.913 bits per heavy atom. The molecule has 2 aromatic heterocycles. The summed E-state index contributed by atoms with van der Waals surface area (Å²) >= 11 is 0. The van der Waals surface area contributed by atoms with Crippen molar-refractivity contribution >= 4 is 0 Å². The van der Waals surface area contributed by atoms with Crippen molar-refractivity contribution in [2.24, 2.45) is 7.05 Å². The highest BCUT2D eigenvalue weighted by molar-refractivity contribution is 5.51. The fourth-order valence-corrected chi connectivity index (χ4v) is 2.89. The quantitative estimate of drug-likeness (QED) is 0.538. The first-order chi connectivity index (χ1) is 11.3. The lowest BCUT2D eigenvalue weighted by Crippen LogP contribution is -1.98. The van der Waals surface area contributed by atoms with Crippen molar-refractivity contribution in [3.05, 3.63) is 18.7 Å². The molecule has 0 aliphatic rings. The Morgan fingerprint density at radius 3 is 2.17 bits per heavy atom. The van der Waals surface area contributed by atoms with Crippen molar-refractivity contribution in [1.82, 2.24) is 24.5 Å². The lowest BCUT2D eigenvalue weighted by Gasteiger charge is -2.02. The number of hydrogen-bond acceptors (Lipinski definition) is 3. The van der Waals surface area contributed by atoms with Crippen LogP contribution in [-0.2, 0) is 13.6 Å². The third-order valence-electron chi connectivity index (χ3n) is 4.36. The molecule has 0 spiro atoms. The third-order valence-corrected chi connectivity index (χ3v) is 4.36. The molecule has 0 aliphatic carbocycles. The highest BCUT2D eigenvalue weighted by atomic mass is 15.4. The number of aryl methyl sites for hydroxylation is 2. The van der Waals surface area contributed by atoms with E-state index in [1.54, 1.807) is 6.33 Å². The second kappa shape index (κ2) is 10.2. The summed E-state index contributed by atoms with van der Waals surface area (Å²) in [5, 5.41) is 8.45.